The highest BCUT2D eigenvalue weighted by molar-refractivity contribution is 6.07. The molecule has 0 aliphatic carbocycles. The number of aryl methyl sites for hydroxylation is 1. The zero-order valence-electron chi connectivity index (χ0n) is 12.1. The van der Waals surface area contributed by atoms with E-state index >= 15 is 0 Å². The molecule has 116 valence electrons. The molecule has 6 heteroatoms. The molecule has 0 aliphatic rings. The molecular weight excluding hydrogens is 292 g/mol. The SMILES string of the molecule is COc1cccc(C(=O)Nc2ccccc2C)c1OC(F)F. The quantitative estimate of drug-likeness (QED) is 0.912. The molecular formula is C16H15F2NO3. The van der Waals surface area contributed by atoms with E-state index < -0.39 is 12.5 Å². The van der Waals surface area contributed by atoms with Gasteiger partial charge in [0.15, 0.2) is 11.5 Å². The fourth-order valence-corrected chi connectivity index (χ4v) is 1.97. The second-order valence-electron chi connectivity index (χ2n) is 4.48. The smallest absolute Gasteiger partial charge is 0.387 e. The van der Waals surface area contributed by atoms with Crippen LogP contribution < -0.4 is 14.8 Å². The van der Waals surface area contributed by atoms with E-state index in [1.807, 2.05) is 19.1 Å². The molecule has 1 N–H and O–H groups in total. The van der Waals surface area contributed by atoms with Crippen LogP contribution in [-0.2, 0) is 0 Å². The van der Waals surface area contributed by atoms with Crippen molar-refractivity contribution in [3.05, 3.63) is 53.6 Å². The summed E-state index contributed by atoms with van der Waals surface area (Å²) in [7, 11) is 1.32. The van der Waals surface area contributed by atoms with Gasteiger partial charge in [0, 0.05) is 5.69 Å². The standard InChI is InChI=1S/C16H15F2NO3/c1-10-6-3-4-8-12(10)19-15(20)11-7-5-9-13(21-2)14(11)22-16(17)18/h3-9,16H,1-2H3,(H,19,20). The molecule has 0 aromatic heterocycles. The van der Waals surface area contributed by atoms with Crippen molar-refractivity contribution < 1.29 is 23.0 Å². The van der Waals surface area contributed by atoms with Crippen molar-refractivity contribution in [2.75, 3.05) is 12.4 Å². The van der Waals surface area contributed by atoms with Crippen LogP contribution in [0.15, 0.2) is 42.5 Å². The third kappa shape index (κ3) is 3.52. The number of halogens is 2. The topological polar surface area (TPSA) is 47.6 Å². The summed E-state index contributed by atoms with van der Waals surface area (Å²) in [6.45, 7) is -1.22. The van der Waals surface area contributed by atoms with Crippen LogP contribution >= 0.6 is 0 Å². The molecule has 0 aliphatic heterocycles. The van der Waals surface area contributed by atoms with Gasteiger partial charge in [0.25, 0.3) is 5.91 Å². The first-order valence-corrected chi connectivity index (χ1v) is 6.51. The number of carbonyl (C=O) groups excluding carboxylic acids is 1. The number of ether oxygens (including phenoxy) is 2. The summed E-state index contributed by atoms with van der Waals surface area (Å²) in [5.41, 5.74) is 1.43. The van der Waals surface area contributed by atoms with E-state index in [1.165, 1.54) is 25.3 Å². The fraction of sp³-hybridized carbons (Fsp3) is 0.188. The van der Waals surface area contributed by atoms with Gasteiger partial charge in [-0.25, -0.2) is 0 Å². The van der Waals surface area contributed by atoms with Crippen LogP contribution in [0.2, 0.25) is 0 Å². The van der Waals surface area contributed by atoms with Gasteiger partial charge < -0.3 is 14.8 Å². The zero-order chi connectivity index (χ0) is 16.1. The van der Waals surface area contributed by atoms with Crippen molar-refractivity contribution in [2.24, 2.45) is 0 Å². The Bertz CT molecular complexity index is 674. The summed E-state index contributed by atoms with van der Waals surface area (Å²) in [5, 5.41) is 2.67. The summed E-state index contributed by atoms with van der Waals surface area (Å²) in [4.78, 5) is 12.3. The van der Waals surface area contributed by atoms with Crippen LogP contribution in [0.3, 0.4) is 0 Å². The highest BCUT2D eigenvalue weighted by Crippen LogP contribution is 2.33. The first-order chi connectivity index (χ1) is 10.5. The van der Waals surface area contributed by atoms with Crippen LogP contribution in [0, 0.1) is 6.92 Å². The van der Waals surface area contributed by atoms with Crippen molar-refractivity contribution >= 4 is 11.6 Å². The summed E-state index contributed by atoms with van der Waals surface area (Å²) in [5.74, 6) is -0.771. The molecule has 4 nitrogen and oxygen atoms in total. The minimum atomic E-state index is -3.05. The lowest BCUT2D eigenvalue weighted by Crippen LogP contribution is -2.16. The number of para-hydroxylation sites is 2. The first kappa shape index (κ1) is 15.8. The molecule has 0 heterocycles. The van der Waals surface area contributed by atoms with Gasteiger partial charge in [0.2, 0.25) is 0 Å². The molecule has 0 saturated heterocycles. The molecule has 0 atom stereocenters. The van der Waals surface area contributed by atoms with Crippen LogP contribution in [0.4, 0.5) is 14.5 Å². The Labute approximate surface area is 126 Å². The van der Waals surface area contributed by atoms with Crippen molar-refractivity contribution in [2.45, 2.75) is 13.5 Å². The average Bonchev–Trinajstić information content (AvgIpc) is 2.49. The maximum absolute atomic E-state index is 12.6. The summed E-state index contributed by atoms with van der Waals surface area (Å²) in [6.07, 6.45) is 0. The third-order valence-corrected chi connectivity index (χ3v) is 3.04. The Morgan fingerprint density at radius 1 is 1.14 bits per heavy atom. The number of hydrogen-bond acceptors (Lipinski definition) is 3. The Balaban J connectivity index is 2.35. The Morgan fingerprint density at radius 3 is 2.50 bits per heavy atom. The molecule has 2 rings (SSSR count). The fourth-order valence-electron chi connectivity index (χ4n) is 1.97. The van der Waals surface area contributed by atoms with Gasteiger partial charge in [-0.3, -0.25) is 4.79 Å². The largest absolute Gasteiger partial charge is 0.493 e. The molecule has 0 spiro atoms. The predicted octanol–water partition coefficient (Wildman–Crippen LogP) is 3.86. The molecule has 22 heavy (non-hydrogen) atoms. The Kier molecular flexibility index (Phi) is 4.93. The lowest BCUT2D eigenvalue weighted by atomic mass is 10.1. The molecule has 2 aromatic rings. The van der Waals surface area contributed by atoms with Gasteiger partial charge in [0.05, 0.1) is 12.7 Å². The lowest BCUT2D eigenvalue weighted by Gasteiger charge is -2.14. The zero-order valence-corrected chi connectivity index (χ0v) is 12.1. The molecule has 1 amide bonds. The number of rotatable bonds is 5. The summed E-state index contributed by atoms with van der Waals surface area (Å²) >= 11 is 0. The van der Waals surface area contributed by atoms with Crippen molar-refractivity contribution in [3.63, 3.8) is 0 Å². The molecule has 0 bridgehead atoms. The van der Waals surface area contributed by atoms with Gasteiger partial charge in [-0.05, 0) is 30.7 Å². The number of carbonyl (C=O) groups is 1. The van der Waals surface area contributed by atoms with Crippen LogP contribution in [0.1, 0.15) is 15.9 Å². The van der Waals surface area contributed by atoms with Crippen molar-refractivity contribution in [3.8, 4) is 11.5 Å². The van der Waals surface area contributed by atoms with Gasteiger partial charge in [0.1, 0.15) is 0 Å². The Morgan fingerprint density at radius 2 is 1.86 bits per heavy atom. The number of methoxy groups -OCH3 is 1. The highest BCUT2D eigenvalue weighted by atomic mass is 19.3. The summed E-state index contributed by atoms with van der Waals surface area (Å²) < 4.78 is 34.5. The second kappa shape index (κ2) is 6.89. The number of benzene rings is 2. The van der Waals surface area contributed by atoms with E-state index in [9.17, 15) is 13.6 Å². The van der Waals surface area contributed by atoms with Gasteiger partial charge in [-0.2, -0.15) is 8.78 Å². The number of hydrogen-bond donors (Lipinski definition) is 1. The molecule has 0 unspecified atom stereocenters. The van der Waals surface area contributed by atoms with Crippen LogP contribution in [0.5, 0.6) is 11.5 Å². The molecule has 0 radical (unpaired) electrons. The van der Waals surface area contributed by atoms with Gasteiger partial charge >= 0.3 is 6.61 Å². The van der Waals surface area contributed by atoms with E-state index in [1.54, 1.807) is 12.1 Å². The monoisotopic (exact) mass is 307 g/mol. The number of anilines is 1. The van der Waals surface area contributed by atoms with Crippen molar-refractivity contribution in [1.82, 2.24) is 0 Å². The first-order valence-electron chi connectivity index (χ1n) is 6.51. The predicted molar refractivity (Wildman–Crippen MR) is 78.8 cm³/mol. The number of nitrogens with one attached hydrogen (secondary N) is 1. The third-order valence-electron chi connectivity index (χ3n) is 3.04. The maximum Gasteiger partial charge on any atom is 0.387 e. The summed E-state index contributed by atoms with van der Waals surface area (Å²) in [6, 6.07) is 11.5. The molecule has 0 fully saturated rings. The maximum atomic E-state index is 12.6. The van der Waals surface area contributed by atoms with E-state index in [-0.39, 0.29) is 17.1 Å². The van der Waals surface area contributed by atoms with Crippen LogP contribution in [0.25, 0.3) is 0 Å². The lowest BCUT2D eigenvalue weighted by molar-refractivity contribution is -0.0515. The molecule has 0 saturated carbocycles. The molecule has 2 aromatic carbocycles. The number of alkyl halides is 2. The van der Waals surface area contributed by atoms with Gasteiger partial charge in [-0.1, -0.05) is 24.3 Å². The van der Waals surface area contributed by atoms with Gasteiger partial charge in [-0.15, -0.1) is 0 Å². The van der Waals surface area contributed by atoms with E-state index in [2.05, 4.69) is 10.1 Å². The highest BCUT2D eigenvalue weighted by Gasteiger charge is 2.20. The minimum absolute atomic E-state index is 0.0251. The minimum Gasteiger partial charge on any atom is -0.493 e. The van der Waals surface area contributed by atoms with Crippen LogP contribution in [-0.4, -0.2) is 19.6 Å². The second-order valence-corrected chi connectivity index (χ2v) is 4.48. The van der Waals surface area contributed by atoms with E-state index in [0.717, 1.165) is 5.56 Å². The normalized spacial score (nSPS) is 10.4. The Hall–Kier alpha value is -2.63. The van der Waals surface area contributed by atoms with E-state index in [0.29, 0.717) is 5.69 Å². The average molecular weight is 307 g/mol. The van der Waals surface area contributed by atoms with Crippen molar-refractivity contribution in [1.29, 1.82) is 0 Å². The van der Waals surface area contributed by atoms with E-state index in [4.69, 9.17) is 4.74 Å². The number of amides is 1.